The lowest BCUT2D eigenvalue weighted by Crippen LogP contribution is -2.25. The van der Waals surface area contributed by atoms with Crippen LogP contribution in [-0.2, 0) is 11.3 Å². The van der Waals surface area contributed by atoms with Crippen molar-refractivity contribution in [3.05, 3.63) is 58.8 Å². The molecule has 0 unspecified atom stereocenters. The summed E-state index contributed by atoms with van der Waals surface area (Å²) in [5.41, 5.74) is 3.10. The van der Waals surface area contributed by atoms with Crippen molar-refractivity contribution in [3.63, 3.8) is 0 Å². The van der Waals surface area contributed by atoms with E-state index >= 15 is 0 Å². The highest BCUT2D eigenvalue weighted by Gasteiger charge is 2.35. The lowest BCUT2D eigenvalue weighted by atomic mass is 10.1. The van der Waals surface area contributed by atoms with Crippen molar-refractivity contribution in [2.75, 3.05) is 11.4 Å². The molecule has 0 radical (unpaired) electrons. The number of fused-ring (bicyclic) bond motifs is 1. The Hall–Kier alpha value is -2.14. The average molecular weight is 412 g/mol. The van der Waals surface area contributed by atoms with E-state index in [1.54, 1.807) is 0 Å². The third-order valence-corrected chi connectivity index (χ3v) is 5.54. The number of benzene rings is 2. The number of halogens is 1. The number of carbonyl (C=O) groups is 1. The maximum Gasteiger partial charge on any atom is 0.227 e. The first-order chi connectivity index (χ1) is 12.5. The Morgan fingerprint density at radius 3 is 2.65 bits per heavy atom. The number of imidazole rings is 1. The fourth-order valence-corrected chi connectivity index (χ4v) is 4.25. The second kappa shape index (κ2) is 6.88. The van der Waals surface area contributed by atoms with Gasteiger partial charge < -0.3 is 9.47 Å². The van der Waals surface area contributed by atoms with Gasteiger partial charge in [0, 0.05) is 29.9 Å². The first-order valence-electron chi connectivity index (χ1n) is 9.04. The highest BCUT2D eigenvalue weighted by Crippen LogP contribution is 2.36. The number of anilines is 1. The van der Waals surface area contributed by atoms with Gasteiger partial charge >= 0.3 is 0 Å². The molecule has 4 nitrogen and oxygen atoms in total. The smallest absolute Gasteiger partial charge is 0.227 e. The van der Waals surface area contributed by atoms with Gasteiger partial charge in [0.25, 0.3) is 0 Å². The van der Waals surface area contributed by atoms with Gasteiger partial charge in [0.1, 0.15) is 5.82 Å². The molecule has 3 aromatic rings. The normalized spacial score (nSPS) is 17.6. The van der Waals surface area contributed by atoms with Gasteiger partial charge in [-0.15, -0.1) is 0 Å². The Labute approximate surface area is 162 Å². The zero-order chi connectivity index (χ0) is 18.3. The molecule has 26 heavy (non-hydrogen) atoms. The highest BCUT2D eigenvalue weighted by atomic mass is 79.9. The molecule has 5 heteroatoms. The van der Waals surface area contributed by atoms with Crippen LogP contribution in [0.15, 0.2) is 53.0 Å². The van der Waals surface area contributed by atoms with Crippen LogP contribution >= 0.6 is 15.9 Å². The quantitative estimate of drug-likeness (QED) is 0.607. The predicted octanol–water partition coefficient (Wildman–Crippen LogP) is 4.98. The third-order valence-electron chi connectivity index (χ3n) is 4.87. The molecule has 1 atom stereocenters. The van der Waals surface area contributed by atoms with Gasteiger partial charge in [-0.2, -0.15) is 0 Å². The zero-order valence-corrected chi connectivity index (χ0v) is 16.6. The van der Waals surface area contributed by atoms with Gasteiger partial charge in [0.2, 0.25) is 5.91 Å². The van der Waals surface area contributed by atoms with Gasteiger partial charge in [-0.3, -0.25) is 4.79 Å². The van der Waals surface area contributed by atoms with Crippen LogP contribution in [0.25, 0.3) is 11.0 Å². The molecule has 2 aromatic carbocycles. The van der Waals surface area contributed by atoms with Gasteiger partial charge in [-0.25, -0.2) is 4.98 Å². The topological polar surface area (TPSA) is 38.1 Å². The molecule has 0 spiro atoms. The number of hydrogen-bond donors (Lipinski definition) is 0. The fourth-order valence-electron chi connectivity index (χ4n) is 3.75. The molecule has 4 rings (SSSR count). The molecule has 1 amide bonds. The molecule has 1 aliphatic heterocycles. The summed E-state index contributed by atoms with van der Waals surface area (Å²) in [5.74, 6) is 1.82. The van der Waals surface area contributed by atoms with Crippen LogP contribution in [0.2, 0.25) is 0 Å². The van der Waals surface area contributed by atoms with E-state index in [4.69, 9.17) is 4.98 Å². The molecule has 0 bridgehead atoms. The van der Waals surface area contributed by atoms with Crippen LogP contribution in [0.3, 0.4) is 0 Å². The van der Waals surface area contributed by atoms with Crippen molar-refractivity contribution in [1.29, 1.82) is 0 Å². The molecule has 1 aromatic heterocycles. The van der Waals surface area contributed by atoms with Crippen molar-refractivity contribution in [3.8, 4) is 0 Å². The largest absolute Gasteiger partial charge is 0.327 e. The second-order valence-corrected chi connectivity index (χ2v) is 8.17. The number of carbonyl (C=O) groups excluding carboxylic acids is 1. The van der Waals surface area contributed by atoms with E-state index in [1.165, 1.54) is 0 Å². The first kappa shape index (κ1) is 17.3. The molecule has 0 N–H and O–H groups in total. The molecular formula is C21H22BrN3O. The zero-order valence-electron chi connectivity index (χ0n) is 15.0. The standard InChI is InChI=1S/C21H22BrN3O/c1-14(2)12-25-19-10-6-4-8-17(19)23-21(25)15-11-20(26)24(13-15)18-9-5-3-7-16(18)22/h3-10,14-15H,11-13H2,1-2H3/t15-/m1/s1. The van der Waals surface area contributed by atoms with E-state index in [0.717, 1.165) is 33.6 Å². The summed E-state index contributed by atoms with van der Waals surface area (Å²) in [6.45, 7) is 6.01. The number of amides is 1. The van der Waals surface area contributed by atoms with Crippen LogP contribution in [0.4, 0.5) is 5.69 Å². The number of aromatic nitrogens is 2. The van der Waals surface area contributed by atoms with E-state index in [0.29, 0.717) is 18.9 Å². The minimum Gasteiger partial charge on any atom is -0.327 e. The van der Waals surface area contributed by atoms with Gasteiger partial charge in [-0.1, -0.05) is 38.1 Å². The van der Waals surface area contributed by atoms with Crippen LogP contribution in [-0.4, -0.2) is 22.0 Å². The highest BCUT2D eigenvalue weighted by molar-refractivity contribution is 9.10. The second-order valence-electron chi connectivity index (χ2n) is 7.32. The SMILES string of the molecule is CC(C)Cn1c([C@@H]2CC(=O)N(c3ccccc3Br)C2)nc2ccccc21. The third kappa shape index (κ3) is 3.05. The van der Waals surface area contributed by atoms with Crippen molar-refractivity contribution in [2.24, 2.45) is 5.92 Å². The molecule has 0 aliphatic carbocycles. The van der Waals surface area contributed by atoms with Gasteiger partial charge in [0.05, 0.1) is 16.7 Å². The van der Waals surface area contributed by atoms with Crippen molar-refractivity contribution in [1.82, 2.24) is 9.55 Å². The Kier molecular flexibility index (Phi) is 4.57. The first-order valence-corrected chi connectivity index (χ1v) is 9.84. The Balaban J connectivity index is 1.72. The summed E-state index contributed by atoms with van der Waals surface area (Å²) >= 11 is 3.57. The van der Waals surface area contributed by atoms with Crippen molar-refractivity contribution < 1.29 is 4.79 Å². The predicted molar refractivity (Wildman–Crippen MR) is 108 cm³/mol. The van der Waals surface area contributed by atoms with E-state index in [1.807, 2.05) is 35.2 Å². The van der Waals surface area contributed by atoms with Gasteiger partial charge in [0.15, 0.2) is 0 Å². The minimum absolute atomic E-state index is 0.112. The molecular weight excluding hydrogens is 390 g/mol. The van der Waals surface area contributed by atoms with Crippen molar-refractivity contribution in [2.45, 2.75) is 32.7 Å². The number of rotatable bonds is 4. The maximum atomic E-state index is 12.7. The number of hydrogen-bond acceptors (Lipinski definition) is 2. The summed E-state index contributed by atoms with van der Waals surface area (Å²) in [4.78, 5) is 19.5. The Morgan fingerprint density at radius 1 is 1.15 bits per heavy atom. The lowest BCUT2D eigenvalue weighted by molar-refractivity contribution is -0.117. The monoisotopic (exact) mass is 411 g/mol. The Morgan fingerprint density at radius 2 is 1.88 bits per heavy atom. The summed E-state index contributed by atoms with van der Waals surface area (Å²) in [6.07, 6.45) is 0.503. The molecule has 1 fully saturated rings. The van der Waals surface area contributed by atoms with E-state index in [9.17, 15) is 4.79 Å². The summed E-state index contributed by atoms with van der Waals surface area (Å²) in [7, 11) is 0. The molecule has 1 aliphatic rings. The van der Waals surface area contributed by atoms with E-state index in [2.05, 4.69) is 52.5 Å². The van der Waals surface area contributed by atoms with Gasteiger partial charge in [-0.05, 0) is 46.1 Å². The van der Waals surface area contributed by atoms with Crippen LogP contribution < -0.4 is 4.90 Å². The average Bonchev–Trinajstić information content (AvgIpc) is 3.16. The fraction of sp³-hybridized carbons (Fsp3) is 0.333. The van der Waals surface area contributed by atoms with Crippen LogP contribution in [0.1, 0.15) is 32.0 Å². The molecule has 2 heterocycles. The summed E-state index contributed by atoms with van der Waals surface area (Å²) < 4.78 is 3.26. The van der Waals surface area contributed by atoms with E-state index in [-0.39, 0.29) is 11.8 Å². The summed E-state index contributed by atoms with van der Waals surface area (Å²) in [5, 5.41) is 0. The number of nitrogens with zero attached hydrogens (tertiary/aromatic N) is 3. The minimum atomic E-state index is 0.112. The van der Waals surface area contributed by atoms with Crippen LogP contribution in [0, 0.1) is 5.92 Å². The number of para-hydroxylation sites is 3. The van der Waals surface area contributed by atoms with Crippen molar-refractivity contribution >= 4 is 38.6 Å². The molecule has 0 saturated carbocycles. The molecule has 134 valence electrons. The van der Waals surface area contributed by atoms with E-state index < -0.39 is 0 Å². The maximum absolute atomic E-state index is 12.7. The lowest BCUT2D eigenvalue weighted by Gasteiger charge is -2.19. The molecule has 1 saturated heterocycles. The Bertz CT molecular complexity index is 963. The summed E-state index contributed by atoms with van der Waals surface area (Å²) in [6, 6.07) is 16.1. The van der Waals surface area contributed by atoms with Crippen LogP contribution in [0.5, 0.6) is 0 Å².